The fourth-order valence-electron chi connectivity index (χ4n) is 1.43. The maximum atomic E-state index is 11.7. The molecule has 0 bridgehead atoms. The molecule has 0 spiro atoms. The maximum Gasteiger partial charge on any atom is 0.290 e. The molecule has 0 unspecified atom stereocenters. The molecule has 5 nitrogen and oxygen atoms in total. The van der Waals surface area contributed by atoms with Gasteiger partial charge in [0.05, 0.1) is 5.69 Å². The van der Waals surface area contributed by atoms with Crippen LogP contribution in [0.2, 0.25) is 0 Å². The van der Waals surface area contributed by atoms with Crippen LogP contribution >= 0.6 is 0 Å². The Morgan fingerprint density at radius 1 is 1.47 bits per heavy atom. The fraction of sp³-hybridized carbons (Fsp3) is 0.167. The molecule has 0 saturated heterocycles. The monoisotopic (exact) mass is 231 g/mol. The minimum atomic E-state index is -0.297. The van der Waals surface area contributed by atoms with Crippen molar-refractivity contribution in [2.75, 3.05) is 5.73 Å². The predicted octanol–water partition coefficient (Wildman–Crippen LogP) is 1.50. The molecule has 0 aliphatic rings. The molecule has 2 aromatic rings. The molecule has 3 N–H and O–H groups in total. The van der Waals surface area contributed by atoms with Gasteiger partial charge in [0.15, 0.2) is 0 Å². The molecule has 1 heterocycles. The van der Waals surface area contributed by atoms with Gasteiger partial charge in [0.25, 0.3) is 5.91 Å². The Hall–Kier alpha value is -2.30. The normalized spacial score (nSPS) is 10.2. The second-order valence-electron chi connectivity index (χ2n) is 3.71. The van der Waals surface area contributed by atoms with Gasteiger partial charge in [-0.15, -0.1) is 0 Å². The van der Waals surface area contributed by atoms with E-state index in [0.717, 1.165) is 5.56 Å². The Morgan fingerprint density at radius 3 is 2.88 bits per heavy atom. The van der Waals surface area contributed by atoms with E-state index >= 15 is 0 Å². The van der Waals surface area contributed by atoms with Gasteiger partial charge in [-0.05, 0) is 18.6 Å². The van der Waals surface area contributed by atoms with Crippen molar-refractivity contribution in [1.29, 1.82) is 0 Å². The molecule has 0 radical (unpaired) electrons. The lowest BCUT2D eigenvalue weighted by atomic mass is 10.2. The predicted molar refractivity (Wildman–Crippen MR) is 63.3 cm³/mol. The van der Waals surface area contributed by atoms with Crippen LogP contribution < -0.4 is 11.1 Å². The Kier molecular flexibility index (Phi) is 3.09. The summed E-state index contributed by atoms with van der Waals surface area (Å²) in [5.74, 6) is -0.0918. The third kappa shape index (κ3) is 2.63. The van der Waals surface area contributed by atoms with E-state index in [0.29, 0.717) is 17.9 Å². The molecule has 1 aromatic heterocycles. The molecular formula is C12H13N3O2. The van der Waals surface area contributed by atoms with Crippen molar-refractivity contribution >= 4 is 11.6 Å². The van der Waals surface area contributed by atoms with E-state index in [9.17, 15) is 4.79 Å². The molecule has 5 heteroatoms. The van der Waals surface area contributed by atoms with Crippen molar-refractivity contribution in [2.45, 2.75) is 13.5 Å². The summed E-state index contributed by atoms with van der Waals surface area (Å²) in [5, 5.41) is 6.37. The zero-order chi connectivity index (χ0) is 12.3. The van der Waals surface area contributed by atoms with E-state index in [2.05, 4.69) is 10.5 Å². The summed E-state index contributed by atoms with van der Waals surface area (Å²) >= 11 is 0. The maximum absolute atomic E-state index is 11.7. The number of benzene rings is 1. The van der Waals surface area contributed by atoms with Gasteiger partial charge in [0.1, 0.15) is 0 Å². The lowest BCUT2D eigenvalue weighted by Crippen LogP contribution is -2.22. The van der Waals surface area contributed by atoms with Gasteiger partial charge in [-0.25, -0.2) is 0 Å². The molecule has 88 valence electrons. The number of hydrogen-bond donors (Lipinski definition) is 2. The first-order valence-electron chi connectivity index (χ1n) is 5.21. The SMILES string of the molecule is Cc1cc(C(=O)NCc2ccccc2N)on1. The number of nitrogen functional groups attached to an aromatic ring is 1. The number of nitrogens with two attached hydrogens (primary N) is 1. The summed E-state index contributed by atoms with van der Waals surface area (Å²) in [4.78, 5) is 11.7. The van der Waals surface area contributed by atoms with Crippen molar-refractivity contribution in [3.63, 3.8) is 0 Å². The van der Waals surface area contributed by atoms with Crippen molar-refractivity contribution in [3.8, 4) is 0 Å². The van der Waals surface area contributed by atoms with E-state index in [1.54, 1.807) is 19.1 Å². The van der Waals surface area contributed by atoms with Gasteiger partial charge in [-0.1, -0.05) is 23.4 Å². The fourth-order valence-corrected chi connectivity index (χ4v) is 1.43. The van der Waals surface area contributed by atoms with Crippen molar-refractivity contribution in [3.05, 3.63) is 47.3 Å². The third-order valence-corrected chi connectivity index (χ3v) is 2.35. The van der Waals surface area contributed by atoms with Crippen molar-refractivity contribution < 1.29 is 9.32 Å². The van der Waals surface area contributed by atoms with E-state index in [1.165, 1.54) is 0 Å². The number of aryl methyl sites for hydroxylation is 1. The van der Waals surface area contributed by atoms with Crippen LogP contribution in [0.3, 0.4) is 0 Å². The molecule has 0 atom stereocenters. The van der Waals surface area contributed by atoms with Gasteiger partial charge >= 0.3 is 0 Å². The zero-order valence-electron chi connectivity index (χ0n) is 9.43. The van der Waals surface area contributed by atoms with E-state index in [-0.39, 0.29) is 11.7 Å². The van der Waals surface area contributed by atoms with Crippen LogP contribution in [0.15, 0.2) is 34.9 Å². The van der Waals surface area contributed by atoms with Gasteiger partial charge in [0, 0.05) is 18.3 Å². The average molecular weight is 231 g/mol. The van der Waals surface area contributed by atoms with Gasteiger partial charge in [0.2, 0.25) is 5.76 Å². The van der Waals surface area contributed by atoms with Crippen LogP contribution in [0.1, 0.15) is 21.8 Å². The first-order chi connectivity index (χ1) is 8.16. The summed E-state index contributed by atoms with van der Waals surface area (Å²) in [7, 11) is 0. The number of rotatable bonds is 3. The standard InChI is InChI=1S/C12H13N3O2/c1-8-6-11(17-15-8)12(16)14-7-9-4-2-3-5-10(9)13/h2-6H,7,13H2,1H3,(H,14,16). The number of aromatic nitrogens is 1. The highest BCUT2D eigenvalue weighted by molar-refractivity contribution is 5.91. The lowest BCUT2D eigenvalue weighted by molar-refractivity contribution is 0.0914. The van der Waals surface area contributed by atoms with Crippen LogP contribution in [0.4, 0.5) is 5.69 Å². The van der Waals surface area contributed by atoms with Gasteiger partial charge < -0.3 is 15.6 Å². The van der Waals surface area contributed by atoms with Crippen LogP contribution in [0.5, 0.6) is 0 Å². The quantitative estimate of drug-likeness (QED) is 0.784. The Bertz CT molecular complexity index is 534. The number of carbonyl (C=O) groups excluding carboxylic acids is 1. The molecule has 2 rings (SSSR count). The van der Waals surface area contributed by atoms with E-state index in [1.807, 2.05) is 18.2 Å². The van der Waals surface area contributed by atoms with Crippen LogP contribution in [-0.4, -0.2) is 11.1 Å². The largest absolute Gasteiger partial charge is 0.398 e. The molecule has 1 aromatic carbocycles. The summed E-state index contributed by atoms with van der Waals surface area (Å²) in [6, 6.07) is 8.96. The topological polar surface area (TPSA) is 81.2 Å². The average Bonchev–Trinajstić information content (AvgIpc) is 2.74. The van der Waals surface area contributed by atoms with Gasteiger partial charge in [-0.3, -0.25) is 4.79 Å². The van der Waals surface area contributed by atoms with Crippen LogP contribution in [0, 0.1) is 6.92 Å². The van der Waals surface area contributed by atoms with Crippen molar-refractivity contribution in [2.24, 2.45) is 0 Å². The zero-order valence-corrected chi connectivity index (χ0v) is 9.43. The van der Waals surface area contributed by atoms with Crippen molar-refractivity contribution in [1.82, 2.24) is 10.5 Å². The van der Waals surface area contributed by atoms with Crippen LogP contribution in [-0.2, 0) is 6.54 Å². The molecule has 0 aliphatic carbocycles. The smallest absolute Gasteiger partial charge is 0.290 e. The number of para-hydroxylation sites is 1. The summed E-state index contributed by atoms with van der Waals surface area (Å²) in [6.07, 6.45) is 0. The second kappa shape index (κ2) is 4.69. The molecule has 0 aliphatic heterocycles. The minimum absolute atomic E-state index is 0.206. The van der Waals surface area contributed by atoms with E-state index < -0.39 is 0 Å². The number of hydrogen-bond acceptors (Lipinski definition) is 4. The van der Waals surface area contributed by atoms with Crippen LogP contribution in [0.25, 0.3) is 0 Å². The molecule has 0 fully saturated rings. The van der Waals surface area contributed by atoms with E-state index in [4.69, 9.17) is 10.3 Å². The molecule has 0 saturated carbocycles. The Labute approximate surface area is 98.6 Å². The highest BCUT2D eigenvalue weighted by atomic mass is 16.5. The lowest BCUT2D eigenvalue weighted by Gasteiger charge is -2.05. The van der Waals surface area contributed by atoms with Gasteiger partial charge in [-0.2, -0.15) is 0 Å². The molecular weight excluding hydrogens is 218 g/mol. The Morgan fingerprint density at radius 2 is 2.24 bits per heavy atom. The minimum Gasteiger partial charge on any atom is -0.398 e. The summed E-state index contributed by atoms with van der Waals surface area (Å²) in [5.41, 5.74) is 7.96. The highest BCUT2D eigenvalue weighted by Gasteiger charge is 2.11. The number of amides is 1. The number of nitrogens with one attached hydrogen (secondary N) is 1. The second-order valence-corrected chi connectivity index (χ2v) is 3.71. The Balaban J connectivity index is 1.99. The third-order valence-electron chi connectivity index (χ3n) is 2.35. The first-order valence-corrected chi connectivity index (χ1v) is 5.21. The summed E-state index contributed by atoms with van der Waals surface area (Å²) in [6.45, 7) is 2.13. The molecule has 1 amide bonds. The highest BCUT2D eigenvalue weighted by Crippen LogP contribution is 2.10. The number of anilines is 1. The number of nitrogens with zero attached hydrogens (tertiary/aromatic N) is 1. The molecule has 17 heavy (non-hydrogen) atoms. The summed E-state index contributed by atoms with van der Waals surface area (Å²) < 4.78 is 4.85. The first kappa shape index (κ1) is 11.2. The number of carbonyl (C=O) groups is 1.